The molecule has 2 heterocycles. The van der Waals surface area contributed by atoms with E-state index in [0.717, 1.165) is 42.4 Å². The Morgan fingerprint density at radius 1 is 1.00 bits per heavy atom. The number of likely N-dealkylation sites (N-methyl/N-ethyl adjacent to an activating group) is 1. The smallest absolute Gasteiger partial charge is 0.251 e. The van der Waals surface area contributed by atoms with Crippen molar-refractivity contribution in [3.8, 4) is 5.75 Å². The largest absolute Gasteiger partial charge is 0.492 e. The van der Waals surface area contributed by atoms with Crippen molar-refractivity contribution in [1.82, 2.24) is 15.1 Å². The van der Waals surface area contributed by atoms with E-state index < -0.39 is 0 Å². The highest BCUT2D eigenvalue weighted by Gasteiger charge is 2.39. The van der Waals surface area contributed by atoms with Gasteiger partial charge in [0.15, 0.2) is 0 Å². The zero-order valence-corrected chi connectivity index (χ0v) is 26.9. The number of para-hydroxylation sites is 1. The van der Waals surface area contributed by atoms with E-state index in [9.17, 15) is 9.59 Å². The maximum atomic E-state index is 14.1. The molecule has 6 nitrogen and oxygen atoms in total. The minimum Gasteiger partial charge on any atom is -0.492 e. The van der Waals surface area contributed by atoms with E-state index >= 15 is 0 Å². The van der Waals surface area contributed by atoms with Crippen LogP contribution in [0.1, 0.15) is 62.1 Å². The molecule has 44 heavy (non-hydrogen) atoms. The maximum Gasteiger partial charge on any atom is 0.251 e. The average Bonchev–Trinajstić information content (AvgIpc) is 3.03. The molecule has 2 amide bonds. The van der Waals surface area contributed by atoms with Gasteiger partial charge in [0.25, 0.3) is 5.91 Å². The van der Waals surface area contributed by atoms with Gasteiger partial charge in [-0.3, -0.25) is 9.59 Å². The van der Waals surface area contributed by atoms with E-state index in [2.05, 4.69) is 60.8 Å². The third-order valence-corrected chi connectivity index (χ3v) is 9.25. The maximum absolute atomic E-state index is 14.1. The summed E-state index contributed by atoms with van der Waals surface area (Å²) in [5.41, 5.74) is 5.55. The number of hydrogen-bond donors (Lipinski definition) is 1. The number of carbonyl (C=O) groups excluding carboxylic acids is 2. The Labute approximate surface area is 267 Å². The molecule has 0 aliphatic carbocycles. The molecule has 0 saturated carbocycles. The summed E-state index contributed by atoms with van der Waals surface area (Å²) in [6.07, 6.45) is 4.42. The lowest BCUT2D eigenvalue weighted by atomic mass is 9.82. The molecular formula is C37H44ClN3O3. The van der Waals surface area contributed by atoms with Gasteiger partial charge in [0.2, 0.25) is 5.91 Å². The number of piperazine rings is 1. The van der Waals surface area contributed by atoms with Crippen molar-refractivity contribution in [1.29, 1.82) is 0 Å². The van der Waals surface area contributed by atoms with Gasteiger partial charge in [-0.1, -0.05) is 85.3 Å². The summed E-state index contributed by atoms with van der Waals surface area (Å²) in [6, 6.07) is 26.7. The van der Waals surface area contributed by atoms with Crippen LogP contribution in [0, 0.1) is 0 Å². The third kappa shape index (κ3) is 7.91. The van der Waals surface area contributed by atoms with Gasteiger partial charge in [-0.05, 0) is 72.4 Å². The quantitative estimate of drug-likeness (QED) is 0.230. The van der Waals surface area contributed by atoms with E-state index in [1.54, 1.807) is 6.92 Å². The number of rotatable bonds is 12. The van der Waals surface area contributed by atoms with Gasteiger partial charge in [-0.2, -0.15) is 0 Å². The molecule has 1 saturated heterocycles. The number of aryl methyl sites for hydroxylation is 1. The van der Waals surface area contributed by atoms with Crippen LogP contribution < -0.4 is 10.1 Å². The molecule has 2 aliphatic rings. The second kappa shape index (κ2) is 14.9. The van der Waals surface area contributed by atoms with Gasteiger partial charge in [-0.25, -0.2) is 0 Å². The molecule has 1 N–H and O–H groups in total. The van der Waals surface area contributed by atoms with Crippen LogP contribution in [0.2, 0.25) is 5.02 Å². The van der Waals surface area contributed by atoms with Crippen LogP contribution in [0.5, 0.6) is 5.75 Å². The second-order valence-electron chi connectivity index (χ2n) is 12.2. The third-order valence-electron chi connectivity index (χ3n) is 8.93. The van der Waals surface area contributed by atoms with Crippen LogP contribution in [-0.2, 0) is 16.0 Å². The monoisotopic (exact) mass is 613 g/mol. The molecule has 232 valence electrons. The van der Waals surface area contributed by atoms with Crippen molar-refractivity contribution in [3.63, 3.8) is 0 Å². The Balaban J connectivity index is 1.27. The summed E-state index contributed by atoms with van der Waals surface area (Å²) in [5.74, 6) is 1.26. The first-order valence-electron chi connectivity index (χ1n) is 15.8. The van der Waals surface area contributed by atoms with Crippen LogP contribution in [0.4, 0.5) is 0 Å². The van der Waals surface area contributed by atoms with Gasteiger partial charge < -0.3 is 19.9 Å². The summed E-state index contributed by atoms with van der Waals surface area (Å²) in [7, 11) is 1.91. The topological polar surface area (TPSA) is 61.9 Å². The standard InChI is InChI=1S/C37H44ClN3O3/c1-26(29-13-5-4-6-14-29)11-9-21-40(3)37(43)36-32(23-31-24-41(27(2)42)25-34(36)39-31)30-19-17-28(18-20-30)12-10-22-44-35-16-8-7-15-33(35)38/h4-8,13-20,26,31,34,39H,9-12,21-25H2,1-3H3. The van der Waals surface area contributed by atoms with Crippen molar-refractivity contribution in [2.45, 2.75) is 64.0 Å². The Morgan fingerprint density at radius 3 is 2.45 bits per heavy atom. The Bertz CT molecular complexity index is 1460. The molecule has 2 bridgehead atoms. The fraction of sp³-hybridized carbons (Fsp3) is 0.405. The molecule has 2 aliphatic heterocycles. The van der Waals surface area contributed by atoms with Gasteiger partial charge in [0.05, 0.1) is 17.7 Å². The molecule has 3 aromatic carbocycles. The van der Waals surface area contributed by atoms with E-state index in [4.69, 9.17) is 16.3 Å². The van der Waals surface area contributed by atoms with E-state index in [1.807, 2.05) is 47.2 Å². The fourth-order valence-electron chi connectivity index (χ4n) is 6.41. The van der Waals surface area contributed by atoms with Crippen LogP contribution in [0.25, 0.3) is 5.57 Å². The number of ether oxygens (including phenoxy) is 1. The molecule has 7 heteroatoms. The zero-order chi connectivity index (χ0) is 31.1. The first kappa shape index (κ1) is 31.8. The number of amides is 2. The van der Waals surface area contributed by atoms with Crippen LogP contribution in [0.15, 0.2) is 84.4 Å². The van der Waals surface area contributed by atoms with Gasteiger partial charge in [0, 0.05) is 45.2 Å². The molecule has 5 rings (SSSR count). The minimum absolute atomic E-state index is 0.0505. The summed E-state index contributed by atoms with van der Waals surface area (Å²) >= 11 is 6.20. The summed E-state index contributed by atoms with van der Waals surface area (Å²) < 4.78 is 5.85. The molecule has 1 fully saturated rings. The van der Waals surface area contributed by atoms with Crippen molar-refractivity contribution in [2.75, 3.05) is 33.3 Å². The first-order chi connectivity index (χ1) is 21.3. The number of benzene rings is 3. The number of nitrogens with one attached hydrogen (secondary N) is 1. The highest BCUT2D eigenvalue weighted by Crippen LogP contribution is 2.34. The molecular weight excluding hydrogens is 570 g/mol. The summed E-state index contributed by atoms with van der Waals surface area (Å²) in [4.78, 5) is 30.2. The molecule has 0 radical (unpaired) electrons. The SMILES string of the molecule is CC(=O)N1CC2CC(c3ccc(CCCOc4ccccc4Cl)cc3)=C(C(=O)N(C)CCCC(C)c3ccccc3)C(C1)N2. The Hall–Kier alpha value is -3.61. The lowest BCUT2D eigenvalue weighted by Gasteiger charge is -2.44. The minimum atomic E-state index is -0.179. The summed E-state index contributed by atoms with van der Waals surface area (Å²) in [6.45, 7) is 6.32. The molecule has 0 aromatic heterocycles. The second-order valence-corrected chi connectivity index (χ2v) is 12.6. The molecule has 3 unspecified atom stereocenters. The fourth-order valence-corrected chi connectivity index (χ4v) is 6.60. The van der Waals surface area contributed by atoms with E-state index in [1.165, 1.54) is 11.1 Å². The predicted octanol–water partition coefficient (Wildman–Crippen LogP) is 6.74. The van der Waals surface area contributed by atoms with Crippen molar-refractivity contribution >= 4 is 29.0 Å². The number of carbonyl (C=O) groups is 2. The highest BCUT2D eigenvalue weighted by molar-refractivity contribution is 6.32. The Kier molecular flexibility index (Phi) is 10.8. The van der Waals surface area contributed by atoms with Crippen LogP contribution >= 0.6 is 11.6 Å². The lowest BCUT2D eigenvalue weighted by Crippen LogP contribution is -2.61. The Morgan fingerprint density at radius 2 is 1.73 bits per heavy atom. The van der Waals surface area contributed by atoms with Crippen molar-refractivity contribution < 1.29 is 14.3 Å². The average molecular weight is 614 g/mol. The number of halogens is 1. The van der Waals surface area contributed by atoms with Crippen LogP contribution in [0.3, 0.4) is 0 Å². The first-order valence-corrected chi connectivity index (χ1v) is 16.2. The number of nitrogens with zero attached hydrogens (tertiary/aromatic N) is 2. The zero-order valence-electron chi connectivity index (χ0n) is 26.1. The van der Waals surface area contributed by atoms with Crippen molar-refractivity contribution in [3.05, 3.63) is 106 Å². The lowest BCUT2D eigenvalue weighted by molar-refractivity contribution is -0.132. The predicted molar refractivity (Wildman–Crippen MR) is 178 cm³/mol. The molecule has 3 atom stereocenters. The number of fused-ring (bicyclic) bond motifs is 2. The van der Waals surface area contributed by atoms with Gasteiger partial charge in [-0.15, -0.1) is 0 Å². The molecule has 0 spiro atoms. The van der Waals surface area contributed by atoms with E-state index in [0.29, 0.717) is 49.4 Å². The summed E-state index contributed by atoms with van der Waals surface area (Å²) in [5, 5.41) is 4.29. The normalized spacial score (nSPS) is 18.6. The van der Waals surface area contributed by atoms with Gasteiger partial charge in [0.1, 0.15) is 5.75 Å². The highest BCUT2D eigenvalue weighted by atomic mass is 35.5. The van der Waals surface area contributed by atoms with Gasteiger partial charge >= 0.3 is 0 Å². The number of hydrogen-bond acceptors (Lipinski definition) is 4. The van der Waals surface area contributed by atoms with E-state index in [-0.39, 0.29) is 23.9 Å². The van der Waals surface area contributed by atoms with Crippen LogP contribution in [-0.4, -0.2) is 67.0 Å². The molecule has 3 aromatic rings. The van der Waals surface area contributed by atoms with Crippen molar-refractivity contribution in [2.24, 2.45) is 0 Å².